The molecule has 0 radical (unpaired) electrons. The fraction of sp³-hybridized carbons (Fsp3) is 0.429. The highest BCUT2D eigenvalue weighted by Gasteiger charge is 2.14. The molecule has 2 unspecified atom stereocenters. The highest BCUT2D eigenvalue weighted by Crippen LogP contribution is 2.19. The molecular formula is C14H18N4. The molecule has 0 bridgehead atoms. The Morgan fingerprint density at radius 1 is 1.39 bits per heavy atom. The number of rotatable bonds is 4. The van der Waals surface area contributed by atoms with Crippen LogP contribution in [0.3, 0.4) is 0 Å². The fourth-order valence-corrected chi connectivity index (χ4v) is 2.04. The molecule has 2 atom stereocenters. The third-order valence-corrected chi connectivity index (χ3v) is 3.16. The van der Waals surface area contributed by atoms with Crippen LogP contribution in [-0.4, -0.2) is 16.1 Å². The molecule has 0 aliphatic rings. The van der Waals surface area contributed by atoms with Crippen molar-refractivity contribution in [3.05, 3.63) is 30.1 Å². The van der Waals surface area contributed by atoms with Gasteiger partial charge in [0.15, 0.2) is 0 Å². The molecule has 1 N–H and O–H groups in total. The third kappa shape index (κ3) is 2.36. The minimum Gasteiger partial charge on any atom is -0.330 e. The van der Waals surface area contributed by atoms with Gasteiger partial charge in [-0.15, -0.1) is 0 Å². The number of nitrogens with one attached hydrogen (secondary N) is 1. The Hall–Kier alpha value is -1.86. The number of hydrogen-bond donors (Lipinski definition) is 1. The second-order valence-corrected chi connectivity index (χ2v) is 4.68. The molecule has 0 fully saturated rings. The second-order valence-electron chi connectivity index (χ2n) is 4.68. The van der Waals surface area contributed by atoms with Crippen LogP contribution in [0.2, 0.25) is 0 Å². The molecule has 1 heterocycles. The summed E-state index contributed by atoms with van der Waals surface area (Å²) in [6.45, 7) is 4.67. The predicted octanol–water partition coefficient (Wildman–Crippen LogP) is 2.38. The molecule has 0 spiro atoms. The quantitative estimate of drug-likeness (QED) is 0.895. The number of benzene rings is 1. The molecule has 0 saturated heterocycles. The zero-order valence-corrected chi connectivity index (χ0v) is 11.0. The number of nitriles is 1. The summed E-state index contributed by atoms with van der Waals surface area (Å²) in [5.74, 6) is 1.02. The predicted molar refractivity (Wildman–Crippen MR) is 71.9 cm³/mol. The van der Waals surface area contributed by atoms with Gasteiger partial charge in [-0.1, -0.05) is 12.1 Å². The summed E-state index contributed by atoms with van der Waals surface area (Å²) in [5.41, 5.74) is 2.14. The SMILES string of the molecule is CC(C#N)CNC(C)c1nc2ccccc2n1C. The Morgan fingerprint density at radius 3 is 2.78 bits per heavy atom. The molecule has 4 heteroatoms. The van der Waals surface area contributed by atoms with Crippen molar-refractivity contribution in [2.75, 3.05) is 6.54 Å². The van der Waals surface area contributed by atoms with Gasteiger partial charge in [0.05, 0.1) is 29.1 Å². The monoisotopic (exact) mass is 242 g/mol. The fourth-order valence-electron chi connectivity index (χ4n) is 2.04. The van der Waals surface area contributed by atoms with Gasteiger partial charge in [0.2, 0.25) is 0 Å². The lowest BCUT2D eigenvalue weighted by Gasteiger charge is -2.14. The van der Waals surface area contributed by atoms with Crippen molar-refractivity contribution in [2.45, 2.75) is 19.9 Å². The van der Waals surface area contributed by atoms with E-state index in [0.29, 0.717) is 6.54 Å². The van der Waals surface area contributed by atoms with Gasteiger partial charge in [0.1, 0.15) is 5.82 Å². The minimum atomic E-state index is 0.0159. The lowest BCUT2D eigenvalue weighted by Crippen LogP contribution is -2.25. The largest absolute Gasteiger partial charge is 0.330 e. The number of fused-ring (bicyclic) bond motifs is 1. The summed E-state index contributed by atoms with van der Waals surface area (Å²) < 4.78 is 2.10. The Labute approximate surface area is 107 Å². The first-order valence-electron chi connectivity index (χ1n) is 6.18. The minimum absolute atomic E-state index is 0.0159. The van der Waals surface area contributed by atoms with Crippen molar-refractivity contribution < 1.29 is 0 Å². The van der Waals surface area contributed by atoms with Gasteiger partial charge >= 0.3 is 0 Å². The van der Waals surface area contributed by atoms with Gasteiger partial charge in [-0.2, -0.15) is 5.26 Å². The second kappa shape index (κ2) is 5.19. The van der Waals surface area contributed by atoms with Crippen LogP contribution in [0.25, 0.3) is 11.0 Å². The van der Waals surface area contributed by atoms with Gasteiger partial charge in [-0.05, 0) is 26.0 Å². The number of aromatic nitrogens is 2. The molecule has 94 valence electrons. The molecule has 2 rings (SSSR count). The molecule has 18 heavy (non-hydrogen) atoms. The van der Waals surface area contributed by atoms with E-state index in [1.807, 2.05) is 32.2 Å². The Bertz CT molecular complexity index is 579. The van der Waals surface area contributed by atoms with E-state index in [-0.39, 0.29) is 12.0 Å². The summed E-state index contributed by atoms with van der Waals surface area (Å²) in [6.07, 6.45) is 0. The number of imidazole rings is 1. The van der Waals surface area contributed by atoms with Crippen LogP contribution in [-0.2, 0) is 7.05 Å². The number of para-hydroxylation sites is 2. The molecular weight excluding hydrogens is 224 g/mol. The first-order valence-corrected chi connectivity index (χ1v) is 6.18. The van der Waals surface area contributed by atoms with Crippen LogP contribution >= 0.6 is 0 Å². The van der Waals surface area contributed by atoms with E-state index in [4.69, 9.17) is 5.26 Å². The van der Waals surface area contributed by atoms with Crippen molar-refractivity contribution in [1.82, 2.24) is 14.9 Å². The molecule has 0 saturated carbocycles. The van der Waals surface area contributed by atoms with Crippen molar-refractivity contribution in [3.63, 3.8) is 0 Å². The van der Waals surface area contributed by atoms with E-state index >= 15 is 0 Å². The van der Waals surface area contributed by atoms with Crippen LogP contribution in [0.4, 0.5) is 0 Å². The van der Waals surface area contributed by atoms with E-state index in [0.717, 1.165) is 16.9 Å². The Kier molecular flexibility index (Phi) is 3.63. The van der Waals surface area contributed by atoms with E-state index in [2.05, 4.69) is 33.9 Å². The van der Waals surface area contributed by atoms with Crippen LogP contribution in [0.1, 0.15) is 25.7 Å². The first-order chi connectivity index (χ1) is 8.63. The summed E-state index contributed by atoms with van der Waals surface area (Å²) in [5, 5.41) is 12.1. The van der Waals surface area contributed by atoms with E-state index in [1.54, 1.807) is 0 Å². The van der Waals surface area contributed by atoms with Crippen LogP contribution in [0, 0.1) is 17.2 Å². The number of aryl methyl sites for hydroxylation is 1. The van der Waals surface area contributed by atoms with Gasteiger partial charge in [0, 0.05) is 13.6 Å². The van der Waals surface area contributed by atoms with Gasteiger partial charge in [-0.25, -0.2) is 4.98 Å². The maximum atomic E-state index is 8.78. The normalized spacial score (nSPS) is 14.3. The molecule has 2 aromatic rings. The maximum Gasteiger partial charge on any atom is 0.126 e. The lowest BCUT2D eigenvalue weighted by molar-refractivity contribution is 0.500. The average Bonchev–Trinajstić information content (AvgIpc) is 2.73. The molecule has 1 aromatic heterocycles. The maximum absolute atomic E-state index is 8.78. The smallest absolute Gasteiger partial charge is 0.126 e. The van der Waals surface area contributed by atoms with E-state index in [1.165, 1.54) is 0 Å². The Morgan fingerprint density at radius 2 is 2.11 bits per heavy atom. The first kappa shape index (κ1) is 12.6. The zero-order valence-electron chi connectivity index (χ0n) is 11.0. The molecule has 0 amide bonds. The van der Waals surface area contributed by atoms with Crippen molar-refractivity contribution >= 4 is 11.0 Å². The average molecular weight is 242 g/mol. The molecule has 4 nitrogen and oxygen atoms in total. The third-order valence-electron chi connectivity index (χ3n) is 3.16. The van der Waals surface area contributed by atoms with Crippen LogP contribution in [0.5, 0.6) is 0 Å². The topological polar surface area (TPSA) is 53.6 Å². The number of nitrogens with zero attached hydrogens (tertiary/aromatic N) is 3. The van der Waals surface area contributed by atoms with Crippen LogP contribution < -0.4 is 5.32 Å². The standard InChI is InChI=1S/C14H18N4/c1-10(8-15)9-16-11(2)14-17-12-6-4-5-7-13(12)18(14)3/h4-7,10-11,16H,9H2,1-3H3. The summed E-state index contributed by atoms with van der Waals surface area (Å²) in [4.78, 5) is 4.63. The highest BCUT2D eigenvalue weighted by atomic mass is 15.1. The zero-order chi connectivity index (χ0) is 13.1. The van der Waals surface area contributed by atoms with E-state index in [9.17, 15) is 0 Å². The van der Waals surface area contributed by atoms with Crippen LogP contribution in [0.15, 0.2) is 24.3 Å². The van der Waals surface area contributed by atoms with E-state index < -0.39 is 0 Å². The highest BCUT2D eigenvalue weighted by molar-refractivity contribution is 5.75. The molecule has 1 aromatic carbocycles. The Balaban J connectivity index is 2.20. The summed E-state index contributed by atoms with van der Waals surface area (Å²) >= 11 is 0. The van der Waals surface area contributed by atoms with Gasteiger partial charge in [-0.3, -0.25) is 0 Å². The van der Waals surface area contributed by atoms with Gasteiger partial charge in [0.25, 0.3) is 0 Å². The lowest BCUT2D eigenvalue weighted by atomic mass is 10.2. The van der Waals surface area contributed by atoms with Gasteiger partial charge < -0.3 is 9.88 Å². The number of hydrogen-bond acceptors (Lipinski definition) is 3. The summed E-state index contributed by atoms with van der Waals surface area (Å²) in [7, 11) is 2.02. The van der Waals surface area contributed by atoms with Crippen molar-refractivity contribution in [2.24, 2.45) is 13.0 Å². The molecule has 0 aliphatic carbocycles. The molecule has 0 aliphatic heterocycles. The summed E-state index contributed by atoms with van der Waals surface area (Å²) in [6, 6.07) is 10.5. The van der Waals surface area contributed by atoms with Crippen molar-refractivity contribution in [1.29, 1.82) is 5.26 Å². The van der Waals surface area contributed by atoms with Crippen molar-refractivity contribution in [3.8, 4) is 6.07 Å².